The van der Waals surface area contributed by atoms with Gasteiger partial charge in [-0.2, -0.15) is 0 Å². The first-order chi connectivity index (χ1) is 10.7. The zero-order valence-electron chi connectivity index (χ0n) is 13.2. The van der Waals surface area contributed by atoms with Gasteiger partial charge in [0.05, 0.1) is 0 Å². The maximum Gasteiger partial charge on any atom is 0.331 e. The number of urea groups is 1. The molecule has 2 saturated carbocycles. The Morgan fingerprint density at radius 1 is 0.773 bits per heavy atom. The van der Waals surface area contributed by atoms with Crippen LogP contribution in [-0.4, -0.2) is 28.8 Å². The third-order valence-electron chi connectivity index (χ3n) is 5.55. The number of imide groups is 2. The quantitative estimate of drug-likeness (QED) is 0.630. The van der Waals surface area contributed by atoms with E-state index in [0.717, 1.165) is 51.4 Å². The van der Waals surface area contributed by atoms with E-state index in [-0.39, 0.29) is 23.8 Å². The number of barbiturate groups is 1. The molecular weight excluding hydrogens is 280 g/mol. The van der Waals surface area contributed by atoms with Crippen LogP contribution in [0.15, 0.2) is 0 Å². The third-order valence-corrected chi connectivity index (χ3v) is 5.55. The minimum Gasteiger partial charge on any atom is -0.277 e. The van der Waals surface area contributed by atoms with E-state index in [1.54, 1.807) is 0 Å². The molecule has 1 heterocycles. The molecule has 1 atom stereocenters. The Kier molecular flexibility index (Phi) is 4.79. The Bertz CT molecular complexity index is 449. The van der Waals surface area contributed by atoms with E-state index in [2.05, 4.69) is 5.32 Å². The smallest absolute Gasteiger partial charge is 0.277 e. The van der Waals surface area contributed by atoms with Gasteiger partial charge in [-0.15, -0.1) is 0 Å². The molecule has 3 rings (SSSR count). The fourth-order valence-electron chi connectivity index (χ4n) is 4.35. The van der Waals surface area contributed by atoms with Crippen molar-refractivity contribution in [1.82, 2.24) is 10.2 Å². The highest BCUT2D eigenvalue weighted by Gasteiger charge is 2.46. The molecule has 122 valence electrons. The van der Waals surface area contributed by atoms with Crippen LogP contribution in [0.2, 0.25) is 0 Å². The Hall–Kier alpha value is -1.39. The van der Waals surface area contributed by atoms with E-state index >= 15 is 0 Å². The normalized spacial score (nSPS) is 29.4. The molecule has 3 fully saturated rings. The van der Waals surface area contributed by atoms with Crippen molar-refractivity contribution < 1.29 is 14.4 Å². The molecule has 1 unspecified atom stereocenters. The molecule has 0 radical (unpaired) electrons. The van der Waals surface area contributed by atoms with Crippen LogP contribution in [-0.2, 0) is 9.59 Å². The van der Waals surface area contributed by atoms with Gasteiger partial charge in [0.1, 0.15) is 5.92 Å². The molecule has 3 aliphatic rings. The van der Waals surface area contributed by atoms with Crippen LogP contribution in [0.1, 0.15) is 70.6 Å². The average molecular weight is 306 g/mol. The maximum absolute atomic E-state index is 12.9. The Morgan fingerprint density at radius 2 is 1.32 bits per heavy atom. The van der Waals surface area contributed by atoms with Gasteiger partial charge in [0, 0.05) is 6.04 Å². The Labute approximate surface area is 131 Å². The van der Waals surface area contributed by atoms with E-state index in [9.17, 15) is 14.4 Å². The summed E-state index contributed by atoms with van der Waals surface area (Å²) in [6.45, 7) is 0. The molecule has 0 aromatic carbocycles. The van der Waals surface area contributed by atoms with Gasteiger partial charge in [0.2, 0.25) is 11.8 Å². The van der Waals surface area contributed by atoms with Crippen molar-refractivity contribution in [3.8, 4) is 0 Å². The second-order valence-corrected chi connectivity index (χ2v) is 7.02. The Balaban J connectivity index is 1.78. The fraction of sp³-hybridized carbons (Fsp3) is 0.824. The van der Waals surface area contributed by atoms with E-state index in [0.29, 0.717) is 0 Å². The SMILES string of the molecule is O=C1NC(=O)N(C2CCCCC2)C(=O)C1C1CCCCCC1. The number of nitrogens with one attached hydrogen (secondary N) is 1. The molecule has 4 amide bonds. The van der Waals surface area contributed by atoms with Crippen LogP contribution < -0.4 is 5.32 Å². The second kappa shape index (κ2) is 6.80. The molecule has 22 heavy (non-hydrogen) atoms. The summed E-state index contributed by atoms with van der Waals surface area (Å²) in [5.74, 6) is -1.13. The minimum absolute atomic E-state index is 0.0115. The molecule has 1 aliphatic heterocycles. The molecule has 0 bridgehead atoms. The number of amides is 4. The van der Waals surface area contributed by atoms with E-state index in [4.69, 9.17) is 0 Å². The van der Waals surface area contributed by atoms with Gasteiger partial charge in [-0.25, -0.2) is 4.79 Å². The molecule has 5 nitrogen and oxygen atoms in total. The van der Waals surface area contributed by atoms with Crippen LogP contribution in [0.4, 0.5) is 4.79 Å². The van der Waals surface area contributed by atoms with Gasteiger partial charge in [-0.1, -0.05) is 44.9 Å². The lowest BCUT2D eigenvalue weighted by atomic mass is 9.82. The number of hydrogen-bond acceptors (Lipinski definition) is 3. The highest BCUT2D eigenvalue weighted by atomic mass is 16.2. The molecule has 1 saturated heterocycles. The van der Waals surface area contributed by atoms with E-state index < -0.39 is 11.9 Å². The van der Waals surface area contributed by atoms with Gasteiger partial charge in [0.25, 0.3) is 0 Å². The van der Waals surface area contributed by atoms with Crippen molar-refractivity contribution in [2.75, 3.05) is 0 Å². The van der Waals surface area contributed by atoms with E-state index in [1.807, 2.05) is 0 Å². The van der Waals surface area contributed by atoms with Crippen LogP contribution in [0.25, 0.3) is 0 Å². The van der Waals surface area contributed by atoms with Crippen molar-refractivity contribution in [3.05, 3.63) is 0 Å². The zero-order valence-corrected chi connectivity index (χ0v) is 13.2. The summed E-state index contributed by atoms with van der Waals surface area (Å²) < 4.78 is 0. The molecule has 5 heteroatoms. The summed E-state index contributed by atoms with van der Waals surface area (Å²) in [6.07, 6.45) is 11.4. The van der Waals surface area contributed by atoms with Gasteiger partial charge in [-0.05, 0) is 31.6 Å². The average Bonchev–Trinajstić information content (AvgIpc) is 2.77. The number of carbonyl (C=O) groups excluding carboxylic acids is 3. The lowest BCUT2D eigenvalue weighted by Crippen LogP contribution is -2.62. The molecular formula is C17H26N2O3. The standard InChI is InChI=1S/C17H26N2O3/c20-15-14(12-8-4-1-2-5-9-12)16(21)19(17(22)18-15)13-10-6-3-7-11-13/h12-14H,1-11H2,(H,18,20,22). The van der Waals surface area contributed by atoms with Gasteiger partial charge >= 0.3 is 6.03 Å². The molecule has 0 aromatic rings. The fourth-order valence-corrected chi connectivity index (χ4v) is 4.35. The number of hydrogen-bond donors (Lipinski definition) is 1. The van der Waals surface area contributed by atoms with Crippen LogP contribution >= 0.6 is 0 Å². The minimum atomic E-state index is -0.641. The first kappa shape index (κ1) is 15.5. The number of nitrogens with zero attached hydrogens (tertiary/aromatic N) is 1. The predicted molar refractivity (Wildman–Crippen MR) is 81.9 cm³/mol. The second-order valence-electron chi connectivity index (χ2n) is 7.02. The number of carbonyl (C=O) groups is 3. The summed E-state index contributed by atoms with van der Waals surface area (Å²) in [6, 6.07) is -0.505. The van der Waals surface area contributed by atoms with Crippen molar-refractivity contribution >= 4 is 17.8 Å². The summed E-state index contributed by atoms with van der Waals surface area (Å²) in [5.41, 5.74) is 0. The van der Waals surface area contributed by atoms with Crippen LogP contribution in [0.3, 0.4) is 0 Å². The van der Waals surface area contributed by atoms with Gasteiger partial charge in [-0.3, -0.25) is 19.8 Å². The topological polar surface area (TPSA) is 66.5 Å². The molecule has 2 aliphatic carbocycles. The van der Waals surface area contributed by atoms with Crippen molar-refractivity contribution in [1.29, 1.82) is 0 Å². The Morgan fingerprint density at radius 3 is 1.95 bits per heavy atom. The molecule has 0 spiro atoms. The zero-order chi connectivity index (χ0) is 15.5. The largest absolute Gasteiger partial charge is 0.331 e. The predicted octanol–water partition coefficient (Wildman–Crippen LogP) is 2.98. The highest BCUT2D eigenvalue weighted by molar-refractivity contribution is 6.16. The first-order valence-electron chi connectivity index (χ1n) is 8.86. The van der Waals surface area contributed by atoms with Gasteiger partial charge < -0.3 is 0 Å². The number of rotatable bonds is 2. The monoisotopic (exact) mass is 306 g/mol. The lowest BCUT2D eigenvalue weighted by molar-refractivity contribution is -0.147. The van der Waals surface area contributed by atoms with Crippen molar-refractivity contribution in [2.45, 2.75) is 76.7 Å². The van der Waals surface area contributed by atoms with Crippen molar-refractivity contribution in [3.63, 3.8) is 0 Å². The molecule has 1 N–H and O–H groups in total. The first-order valence-corrected chi connectivity index (χ1v) is 8.86. The molecule has 0 aromatic heterocycles. The summed E-state index contributed by atoms with van der Waals surface area (Å²) >= 11 is 0. The summed E-state index contributed by atoms with van der Waals surface area (Å²) in [4.78, 5) is 38.7. The third kappa shape index (κ3) is 3.03. The van der Waals surface area contributed by atoms with Crippen LogP contribution in [0.5, 0.6) is 0 Å². The van der Waals surface area contributed by atoms with Crippen LogP contribution in [0, 0.1) is 11.8 Å². The van der Waals surface area contributed by atoms with E-state index in [1.165, 1.54) is 24.2 Å². The van der Waals surface area contributed by atoms with Gasteiger partial charge in [0.15, 0.2) is 0 Å². The maximum atomic E-state index is 12.9. The summed E-state index contributed by atoms with van der Waals surface area (Å²) in [7, 11) is 0. The summed E-state index contributed by atoms with van der Waals surface area (Å²) in [5, 5.41) is 2.45. The lowest BCUT2D eigenvalue weighted by Gasteiger charge is -2.39. The van der Waals surface area contributed by atoms with Crippen molar-refractivity contribution in [2.24, 2.45) is 11.8 Å². The highest BCUT2D eigenvalue weighted by Crippen LogP contribution is 2.34.